The van der Waals surface area contributed by atoms with E-state index in [4.69, 9.17) is 4.42 Å². The van der Waals surface area contributed by atoms with Crippen molar-refractivity contribution >= 4 is 45.8 Å². The van der Waals surface area contributed by atoms with E-state index in [2.05, 4.69) is 15.3 Å². The molecule has 27 heavy (non-hydrogen) atoms. The van der Waals surface area contributed by atoms with E-state index in [9.17, 15) is 4.79 Å². The molecule has 0 spiro atoms. The molecule has 0 bridgehead atoms. The number of para-hydroxylation sites is 2. The highest BCUT2D eigenvalue weighted by molar-refractivity contribution is 7.98. The molecule has 0 fully saturated rings. The lowest BCUT2D eigenvalue weighted by molar-refractivity contribution is -0.115. The molecule has 0 radical (unpaired) electrons. The molecule has 0 saturated heterocycles. The van der Waals surface area contributed by atoms with Gasteiger partial charge in [-0.2, -0.15) is 0 Å². The zero-order chi connectivity index (χ0) is 18.6. The third kappa shape index (κ3) is 4.56. The van der Waals surface area contributed by atoms with Crippen LogP contribution in [0, 0.1) is 6.92 Å². The molecule has 4 aromatic rings. The average molecular weight is 396 g/mol. The van der Waals surface area contributed by atoms with E-state index < -0.39 is 0 Å². The van der Waals surface area contributed by atoms with Gasteiger partial charge < -0.3 is 9.73 Å². The lowest BCUT2D eigenvalue weighted by Gasteiger charge is -2.04. The molecule has 5 nitrogen and oxygen atoms in total. The van der Waals surface area contributed by atoms with Crippen LogP contribution in [-0.4, -0.2) is 15.9 Å². The number of thioether (sulfide) groups is 1. The fraction of sp³-hybridized carbons (Fsp3) is 0.150. The van der Waals surface area contributed by atoms with Gasteiger partial charge in [0.15, 0.2) is 5.58 Å². The Morgan fingerprint density at radius 3 is 2.78 bits per heavy atom. The third-order valence-electron chi connectivity index (χ3n) is 3.86. The SMILES string of the molecule is Cc1ccc(NC(=O)Cc2nc(CSc3nc4ccccc4o3)cs2)cc1. The standard InChI is InChI=1S/C20H17N3O2S2/c1-13-6-8-14(9-7-13)21-18(24)10-19-22-15(11-26-19)12-27-20-23-16-4-2-3-5-17(16)25-20/h2-9,11H,10,12H2,1H3,(H,21,24). The molecule has 0 aliphatic carbocycles. The highest BCUT2D eigenvalue weighted by atomic mass is 32.2. The minimum Gasteiger partial charge on any atom is -0.431 e. The number of aromatic nitrogens is 2. The zero-order valence-electron chi connectivity index (χ0n) is 14.6. The van der Waals surface area contributed by atoms with Crippen LogP contribution in [0.15, 0.2) is 63.6 Å². The number of nitrogens with one attached hydrogen (secondary N) is 1. The van der Waals surface area contributed by atoms with Crippen molar-refractivity contribution in [1.29, 1.82) is 0 Å². The van der Waals surface area contributed by atoms with Crippen molar-refractivity contribution < 1.29 is 9.21 Å². The van der Waals surface area contributed by atoms with Gasteiger partial charge in [-0.25, -0.2) is 9.97 Å². The highest BCUT2D eigenvalue weighted by Crippen LogP contribution is 2.26. The van der Waals surface area contributed by atoms with Crippen molar-refractivity contribution in [3.05, 3.63) is 70.2 Å². The topological polar surface area (TPSA) is 68.0 Å². The Hall–Kier alpha value is -2.64. The molecule has 2 heterocycles. The number of rotatable bonds is 6. The second-order valence-corrected chi connectivity index (χ2v) is 7.93. The molecule has 7 heteroatoms. The van der Waals surface area contributed by atoms with Gasteiger partial charge in [-0.1, -0.05) is 41.6 Å². The second kappa shape index (κ2) is 7.94. The van der Waals surface area contributed by atoms with Gasteiger partial charge in [-0.15, -0.1) is 11.3 Å². The van der Waals surface area contributed by atoms with E-state index in [1.54, 1.807) is 0 Å². The van der Waals surface area contributed by atoms with E-state index in [0.29, 0.717) is 11.0 Å². The number of amides is 1. The lowest BCUT2D eigenvalue weighted by atomic mass is 10.2. The number of benzene rings is 2. The summed E-state index contributed by atoms with van der Waals surface area (Å²) >= 11 is 3.00. The molecule has 0 unspecified atom stereocenters. The number of nitrogens with zero attached hydrogens (tertiary/aromatic N) is 2. The number of carbonyl (C=O) groups excluding carboxylic acids is 1. The van der Waals surface area contributed by atoms with Crippen molar-refractivity contribution in [1.82, 2.24) is 9.97 Å². The van der Waals surface area contributed by atoms with E-state index in [0.717, 1.165) is 33.1 Å². The fourth-order valence-electron chi connectivity index (χ4n) is 2.52. The summed E-state index contributed by atoms with van der Waals surface area (Å²) in [5, 5.41) is 6.30. The quantitative estimate of drug-likeness (QED) is 0.462. The molecule has 0 saturated carbocycles. The molecule has 4 rings (SSSR count). The van der Waals surface area contributed by atoms with Crippen LogP contribution in [0.5, 0.6) is 0 Å². The molecule has 1 N–H and O–H groups in total. The van der Waals surface area contributed by atoms with Gasteiger partial charge in [-0.3, -0.25) is 4.79 Å². The summed E-state index contributed by atoms with van der Waals surface area (Å²) in [6.07, 6.45) is 0.270. The van der Waals surface area contributed by atoms with Gasteiger partial charge in [0.25, 0.3) is 5.22 Å². The molecular formula is C20H17N3O2S2. The molecule has 0 atom stereocenters. The number of aryl methyl sites for hydroxylation is 1. The average Bonchev–Trinajstić information content (AvgIpc) is 3.28. The number of fused-ring (bicyclic) bond motifs is 1. The zero-order valence-corrected chi connectivity index (χ0v) is 16.3. The molecule has 2 aromatic carbocycles. The smallest absolute Gasteiger partial charge is 0.257 e. The third-order valence-corrected chi connectivity index (χ3v) is 5.62. The molecule has 136 valence electrons. The Kier molecular flexibility index (Phi) is 5.22. The Balaban J connectivity index is 1.32. The summed E-state index contributed by atoms with van der Waals surface area (Å²) in [5.41, 5.74) is 4.52. The largest absolute Gasteiger partial charge is 0.431 e. The number of oxazole rings is 1. The Bertz CT molecular complexity index is 1040. The number of hydrogen-bond donors (Lipinski definition) is 1. The molecule has 0 aliphatic rings. The Morgan fingerprint density at radius 1 is 1.15 bits per heavy atom. The molecule has 1 amide bonds. The maximum absolute atomic E-state index is 12.2. The van der Waals surface area contributed by atoms with E-state index >= 15 is 0 Å². The Labute approximate surface area is 164 Å². The van der Waals surface area contributed by atoms with E-state index in [1.165, 1.54) is 23.1 Å². The summed E-state index contributed by atoms with van der Waals surface area (Å²) in [4.78, 5) is 21.2. The summed E-state index contributed by atoms with van der Waals surface area (Å²) < 4.78 is 5.70. The van der Waals surface area contributed by atoms with Crippen LogP contribution in [0.25, 0.3) is 11.1 Å². The number of thiazole rings is 1. The van der Waals surface area contributed by atoms with Gasteiger partial charge in [-0.05, 0) is 31.2 Å². The predicted molar refractivity (Wildman–Crippen MR) is 109 cm³/mol. The Morgan fingerprint density at radius 2 is 1.96 bits per heavy atom. The summed E-state index contributed by atoms with van der Waals surface area (Å²) in [6, 6.07) is 15.4. The predicted octanol–water partition coefficient (Wildman–Crippen LogP) is 5.07. The second-order valence-electron chi connectivity index (χ2n) is 6.06. The molecule has 0 aliphatic heterocycles. The van der Waals surface area contributed by atoms with Crippen molar-refractivity contribution in [3.8, 4) is 0 Å². The monoisotopic (exact) mass is 395 g/mol. The maximum Gasteiger partial charge on any atom is 0.257 e. The van der Waals surface area contributed by atoms with Crippen LogP contribution in [0.2, 0.25) is 0 Å². The van der Waals surface area contributed by atoms with Crippen LogP contribution in [-0.2, 0) is 17.0 Å². The molecular weight excluding hydrogens is 378 g/mol. The van der Waals surface area contributed by atoms with Crippen LogP contribution >= 0.6 is 23.1 Å². The van der Waals surface area contributed by atoms with E-state index in [-0.39, 0.29) is 12.3 Å². The van der Waals surface area contributed by atoms with Gasteiger partial charge in [0.1, 0.15) is 10.5 Å². The van der Waals surface area contributed by atoms with Gasteiger partial charge in [0.2, 0.25) is 5.91 Å². The minimum atomic E-state index is -0.0636. The molecule has 2 aromatic heterocycles. The van der Waals surface area contributed by atoms with E-state index in [1.807, 2.05) is 60.8 Å². The van der Waals surface area contributed by atoms with Gasteiger partial charge in [0, 0.05) is 16.8 Å². The van der Waals surface area contributed by atoms with Crippen molar-refractivity contribution in [2.24, 2.45) is 0 Å². The number of carbonyl (C=O) groups is 1. The minimum absolute atomic E-state index is 0.0636. The normalized spacial score (nSPS) is 11.0. The number of anilines is 1. The first-order valence-corrected chi connectivity index (χ1v) is 10.3. The van der Waals surface area contributed by atoms with Crippen molar-refractivity contribution in [3.63, 3.8) is 0 Å². The van der Waals surface area contributed by atoms with Crippen molar-refractivity contribution in [2.45, 2.75) is 24.3 Å². The van der Waals surface area contributed by atoms with Gasteiger partial charge in [0.05, 0.1) is 12.1 Å². The first kappa shape index (κ1) is 17.8. The first-order valence-electron chi connectivity index (χ1n) is 8.44. The van der Waals surface area contributed by atoms with Crippen LogP contribution in [0.3, 0.4) is 0 Å². The van der Waals surface area contributed by atoms with Crippen molar-refractivity contribution in [2.75, 3.05) is 5.32 Å². The maximum atomic E-state index is 12.2. The van der Waals surface area contributed by atoms with Crippen LogP contribution < -0.4 is 5.32 Å². The van der Waals surface area contributed by atoms with Crippen LogP contribution in [0.4, 0.5) is 5.69 Å². The van der Waals surface area contributed by atoms with Crippen LogP contribution in [0.1, 0.15) is 16.3 Å². The fourth-order valence-corrected chi connectivity index (χ4v) is 4.15. The van der Waals surface area contributed by atoms with Gasteiger partial charge >= 0.3 is 0 Å². The highest BCUT2D eigenvalue weighted by Gasteiger charge is 2.11. The summed E-state index contributed by atoms with van der Waals surface area (Å²) in [5.74, 6) is 0.592. The summed E-state index contributed by atoms with van der Waals surface area (Å²) in [6.45, 7) is 2.02. The first-order chi connectivity index (χ1) is 13.2. The number of hydrogen-bond acceptors (Lipinski definition) is 6. The lowest BCUT2D eigenvalue weighted by Crippen LogP contribution is -2.14. The summed E-state index contributed by atoms with van der Waals surface area (Å²) in [7, 11) is 0.